The summed E-state index contributed by atoms with van der Waals surface area (Å²) in [5.41, 5.74) is 3.57. The maximum atomic E-state index is 10.5. The fourth-order valence-electron chi connectivity index (χ4n) is 2.66. The van der Waals surface area contributed by atoms with Gasteiger partial charge < -0.3 is 10.2 Å². The van der Waals surface area contributed by atoms with E-state index in [1.54, 1.807) is 0 Å². The maximum Gasteiger partial charge on any atom is 0.171 e. The zero-order valence-electron chi connectivity index (χ0n) is 13.3. The van der Waals surface area contributed by atoms with Crippen LogP contribution in [0.2, 0.25) is 0 Å². The van der Waals surface area contributed by atoms with Crippen LogP contribution in [0.25, 0.3) is 0 Å². The van der Waals surface area contributed by atoms with Gasteiger partial charge in [0.2, 0.25) is 0 Å². The fraction of sp³-hybridized carbons (Fsp3) is 0.562. The Hall–Kier alpha value is -1.59. The molecule has 1 unspecified atom stereocenters. The number of phenols is 1. The molecule has 0 spiro atoms. The second kappa shape index (κ2) is 5.31. The topological polar surface area (TPSA) is 76.3 Å². The molecule has 2 rings (SSSR count). The Labute approximate surface area is 125 Å². The highest BCUT2D eigenvalue weighted by molar-refractivity contribution is 5.86. The lowest BCUT2D eigenvalue weighted by molar-refractivity contribution is -0.123. The third-order valence-electron chi connectivity index (χ3n) is 4.03. The molecule has 1 aliphatic heterocycles. The predicted octanol–water partition coefficient (Wildman–Crippen LogP) is 2.27. The molecule has 0 bridgehead atoms. The van der Waals surface area contributed by atoms with Gasteiger partial charge in [0.15, 0.2) is 6.23 Å². The zero-order chi connectivity index (χ0) is 15.9. The minimum Gasteiger partial charge on any atom is -0.507 e. The molecule has 0 saturated heterocycles. The van der Waals surface area contributed by atoms with E-state index in [0.717, 1.165) is 27.3 Å². The van der Waals surface area contributed by atoms with Crippen LogP contribution in [-0.4, -0.2) is 39.1 Å². The molecule has 0 fully saturated rings. The van der Waals surface area contributed by atoms with Crippen molar-refractivity contribution in [3.05, 3.63) is 28.3 Å². The average molecular weight is 292 g/mol. The Bertz CT molecular complexity index is 588. The van der Waals surface area contributed by atoms with Crippen molar-refractivity contribution in [3.63, 3.8) is 0 Å². The van der Waals surface area contributed by atoms with Crippen LogP contribution in [0.15, 0.2) is 11.1 Å². The van der Waals surface area contributed by atoms with E-state index in [1.807, 2.05) is 19.9 Å². The van der Waals surface area contributed by atoms with Crippen LogP contribution in [0.4, 0.5) is 0 Å². The molecule has 1 aromatic carbocycles. The van der Waals surface area contributed by atoms with Gasteiger partial charge in [-0.05, 0) is 41.5 Å². The van der Waals surface area contributed by atoms with Crippen molar-refractivity contribution in [1.29, 1.82) is 0 Å². The second-order valence-electron chi connectivity index (χ2n) is 6.70. The van der Waals surface area contributed by atoms with Crippen molar-refractivity contribution in [2.45, 2.75) is 52.7 Å². The van der Waals surface area contributed by atoms with Gasteiger partial charge in [-0.2, -0.15) is 0 Å². The van der Waals surface area contributed by atoms with Crippen LogP contribution in [0.5, 0.6) is 5.75 Å². The number of hydrogen-bond acceptors (Lipinski definition) is 5. The molecule has 0 radical (unpaired) electrons. The van der Waals surface area contributed by atoms with E-state index >= 15 is 0 Å². The van der Waals surface area contributed by atoms with Gasteiger partial charge in [0.1, 0.15) is 11.6 Å². The molecule has 1 atom stereocenters. The standard InChI is InChI=1S/C16H24N2O3/c1-9-6-12(16(3,4)5)15(20)10(2)11(9)7-13-17-8-14(19)18(13)21/h6,14,19-21H,7-8H2,1-5H3. The summed E-state index contributed by atoms with van der Waals surface area (Å²) < 4.78 is 0. The van der Waals surface area contributed by atoms with Crippen LogP contribution in [0.3, 0.4) is 0 Å². The van der Waals surface area contributed by atoms with Gasteiger partial charge in [0.25, 0.3) is 0 Å². The molecule has 0 aromatic heterocycles. The summed E-state index contributed by atoms with van der Waals surface area (Å²) in [6.07, 6.45) is -0.577. The first-order valence-electron chi connectivity index (χ1n) is 7.15. The number of amidine groups is 1. The average Bonchev–Trinajstić information content (AvgIpc) is 2.69. The van der Waals surface area contributed by atoms with Crippen molar-refractivity contribution in [1.82, 2.24) is 5.06 Å². The van der Waals surface area contributed by atoms with Crippen molar-refractivity contribution in [2.24, 2.45) is 4.99 Å². The summed E-state index contributed by atoms with van der Waals surface area (Å²) in [5, 5.41) is 30.5. The Morgan fingerprint density at radius 3 is 2.43 bits per heavy atom. The van der Waals surface area contributed by atoms with Crippen molar-refractivity contribution in [3.8, 4) is 5.75 Å². The normalized spacial score (nSPS) is 19.1. The third-order valence-corrected chi connectivity index (χ3v) is 4.03. The highest BCUT2D eigenvalue weighted by Gasteiger charge is 2.27. The SMILES string of the molecule is Cc1cc(C(C)(C)C)c(O)c(C)c1CC1=NCC(O)N1O. The monoisotopic (exact) mass is 292 g/mol. The number of hydrogen-bond donors (Lipinski definition) is 3. The minimum absolute atomic E-state index is 0.137. The number of nitrogens with zero attached hydrogens (tertiary/aromatic N) is 2. The first kappa shape index (κ1) is 15.8. The van der Waals surface area contributed by atoms with E-state index in [-0.39, 0.29) is 12.0 Å². The van der Waals surface area contributed by atoms with E-state index in [1.165, 1.54) is 0 Å². The Morgan fingerprint density at radius 1 is 1.33 bits per heavy atom. The summed E-state index contributed by atoms with van der Waals surface area (Å²) in [6.45, 7) is 10.2. The van der Waals surface area contributed by atoms with E-state index in [2.05, 4.69) is 25.8 Å². The second-order valence-corrected chi connectivity index (χ2v) is 6.70. The molecule has 5 nitrogen and oxygen atoms in total. The lowest BCUT2D eigenvalue weighted by atomic mass is 9.82. The van der Waals surface area contributed by atoms with Crippen molar-refractivity contribution >= 4 is 5.84 Å². The lowest BCUT2D eigenvalue weighted by Crippen LogP contribution is -2.34. The van der Waals surface area contributed by atoms with Gasteiger partial charge in [-0.3, -0.25) is 10.2 Å². The van der Waals surface area contributed by atoms with Crippen LogP contribution in [0, 0.1) is 13.8 Å². The number of aliphatic hydroxyl groups is 1. The largest absolute Gasteiger partial charge is 0.507 e. The Kier molecular flexibility index (Phi) is 4.00. The van der Waals surface area contributed by atoms with E-state index < -0.39 is 6.23 Å². The molecular weight excluding hydrogens is 268 g/mol. The number of aryl methyl sites for hydroxylation is 1. The highest BCUT2D eigenvalue weighted by Crippen LogP contribution is 2.36. The molecule has 0 saturated carbocycles. The molecule has 3 N–H and O–H groups in total. The summed E-state index contributed by atoms with van der Waals surface area (Å²) in [5.74, 6) is 0.725. The van der Waals surface area contributed by atoms with E-state index in [4.69, 9.17) is 0 Å². The van der Waals surface area contributed by atoms with Gasteiger partial charge in [-0.15, -0.1) is 0 Å². The smallest absolute Gasteiger partial charge is 0.171 e. The van der Waals surface area contributed by atoms with Crippen LogP contribution < -0.4 is 0 Å². The molecule has 1 aliphatic rings. The van der Waals surface area contributed by atoms with Gasteiger partial charge >= 0.3 is 0 Å². The number of aromatic hydroxyl groups is 1. The molecule has 1 aromatic rings. The van der Waals surface area contributed by atoms with Gasteiger partial charge in [-0.25, -0.2) is 5.06 Å². The zero-order valence-corrected chi connectivity index (χ0v) is 13.3. The molecular formula is C16H24N2O3. The number of aliphatic hydroxyl groups excluding tert-OH is 1. The Morgan fingerprint density at radius 2 is 1.95 bits per heavy atom. The van der Waals surface area contributed by atoms with Crippen LogP contribution >= 0.6 is 0 Å². The van der Waals surface area contributed by atoms with Crippen molar-refractivity contribution in [2.75, 3.05) is 6.54 Å². The molecule has 5 heteroatoms. The molecule has 0 amide bonds. The number of phenolic OH excluding ortho intramolecular Hbond substituents is 1. The first-order valence-corrected chi connectivity index (χ1v) is 7.15. The number of aliphatic imine (C=N–C) groups is 1. The van der Waals surface area contributed by atoms with Gasteiger partial charge in [-0.1, -0.05) is 26.8 Å². The highest BCUT2D eigenvalue weighted by atomic mass is 16.5. The predicted molar refractivity (Wildman–Crippen MR) is 81.9 cm³/mol. The number of hydroxylamine groups is 2. The van der Waals surface area contributed by atoms with Crippen LogP contribution in [0.1, 0.15) is 43.0 Å². The lowest BCUT2D eigenvalue weighted by Gasteiger charge is -2.25. The molecule has 0 aliphatic carbocycles. The maximum absolute atomic E-state index is 10.5. The summed E-state index contributed by atoms with van der Waals surface area (Å²) in [7, 11) is 0. The van der Waals surface area contributed by atoms with E-state index in [9.17, 15) is 15.4 Å². The van der Waals surface area contributed by atoms with Gasteiger partial charge in [0, 0.05) is 6.42 Å². The summed E-state index contributed by atoms with van der Waals surface area (Å²) in [4.78, 5) is 4.14. The Balaban J connectivity index is 2.41. The quantitative estimate of drug-likeness (QED) is 0.781. The van der Waals surface area contributed by atoms with Gasteiger partial charge in [0.05, 0.1) is 6.54 Å². The number of benzene rings is 1. The summed E-state index contributed by atoms with van der Waals surface area (Å²) in [6, 6.07) is 1.99. The molecule has 21 heavy (non-hydrogen) atoms. The van der Waals surface area contributed by atoms with Crippen LogP contribution in [-0.2, 0) is 11.8 Å². The number of rotatable bonds is 2. The van der Waals surface area contributed by atoms with E-state index in [0.29, 0.717) is 18.0 Å². The molecule has 116 valence electrons. The third kappa shape index (κ3) is 2.89. The summed E-state index contributed by atoms with van der Waals surface area (Å²) >= 11 is 0. The van der Waals surface area contributed by atoms with Crippen molar-refractivity contribution < 1.29 is 15.4 Å². The molecule has 1 heterocycles. The fourth-order valence-corrected chi connectivity index (χ4v) is 2.66. The minimum atomic E-state index is -0.969. The first-order chi connectivity index (χ1) is 9.62.